The highest BCUT2D eigenvalue weighted by atomic mass is 32.2. The van der Waals surface area contributed by atoms with Crippen LogP contribution in [0.1, 0.15) is 44.6 Å². The van der Waals surface area contributed by atoms with Crippen molar-refractivity contribution in [2.45, 2.75) is 45.1 Å². The Morgan fingerprint density at radius 3 is 2.54 bits per heavy atom. The molecule has 0 fully saturated rings. The molecule has 0 saturated heterocycles. The number of esters is 1. The number of benzene rings is 1. The van der Waals surface area contributed by atoms with Crippen molar-refractivity contribution in [3.05, 3.63) is 35.9 Å². The topological polar surface area (TPSA) is 92.7 Å². The summed E-state index contributed by atoms with van der Waals surface area (Å²) in [7, 11) is -3.47. The van der Waals surface area contributed by atoms with E-state index in [0.717, 1.165) is 5.56 Å². The van der Waals surface area contributed by atoms with Gasteiger partial charge in [-0.1, -0.05) is 30.3 Å². The highest BCUT2D eigenvalue weighted by Gasteiger charge is 2.18. The number of ether oxygens (including phenoxy) is 1. The van der Waals surface area contributed by atoms with Gasteiger partial charge in [0.1, 0.15) is 0 Å². The number of carbonyl (C=O) groups excluding carboxylic acids is 1. The van der Waals surface area contributed by atoms with E-state index in [1.165, 1.54) is 0 Å². The lowest BCUT2D eigenvalue weighted by Crippen LogP contribution is -2.31. The second-order valence-electron chi connectivity index (χ2n) is 5.77. The van der Waals surface area contributed by atoms with Crippen molar-refractivity contribution in [3.63, 3.8) is 0 Å². The Hall–Kier alpha value is -1.44. The summed E-state index contributed by atoms with van der Waals surface area (Å²) in [5.41, 5.74) is 0.979. The van der Waals surface area contributed by atoms with Gasteiger partial charge in [-0.25, -0.2) is 13.1 Å². The fraction of sp³-hybridized carbons (Fsp3) is 0.588. The van der Waals surface area contributed by atoms with Gasteiger partial charge in [0.15, 0.2) is 0 Å². The first-order valence-electron chi connectivity index (χ1n) is 8.20. The van der Waals surface area contributed by atoms with Crippen LogP contribution >= 0.6 is 0 Å². The Morgan fingerprint density at radius 2 is 1.96 bits per heavy atom. The van der Waals surface area contributed by atoms with Crippen LogP contribution in [0.5, 0.6) is 0 Å². The van der Waals surface area contributed by atoms with E-state index in [0.29, 0.717) is 13.0 Å². The first-order valence-corrected chi connectivity index (χ1v) is 9.85. The Morgan fingerprint density at radius 1 is 1.29 bits per heavy atom. The number of sulfonamides is 1. The molecule has 1 aromatic rings. The van der Waals surface area contributed by atoms with E-state index in [2.05, 4.69) is 4.72 Å². The van der Waals surface area contributed by atoms with Crippen LogP contribution in [0.25, 0.3) is 0 Å². The normalized spacial score (nSPS) is 14.1. The van der Waals surface area contributed by atoms with Crippen LogP contribution < -0.4 is 4.72 Å². The maximum atomic E-state index is 12.1. The average Bonchev–Trinajstić information content (AvgIpc) is 2.52. The molecule has 2 atom stereocenters. The highest BCUT2D eigenvalue weighted by Crippen LogP contribution is 2.20. The van der Waals surface area contributed by atoms with Gasteiger partial charge in [-0.05, 0) is 38.2 Å². The monoisotopic (exact) mass is 357 g/mol. The zero-order valence-corrected chi connectivity index (χ0v) is 15.1. The average molecular weight is 357 g/mol. The quantitative estimate of drug-likeness (QED) is 0.589. The van der Waals surface area contributed by atoms with Crippen molar-refractivity contribution in [1.82, 2.24) is 4.72 Å². The lowest BCUT2D eigenvalue weighted by atomic mass is 9.94. The molecule has 0 radical (unpaired) electrons. The van der Waals surface area contributed by atoms with E-state index in [1.807, 2.05) is 30.3 Å². The molecule has 0 amide bonds. The summed E-state index contributed by atoms with van der Waals surface area (Å²) in [6.07, 6.45) is 0.254. The molecule has 2 N–H and O–H groups in total. The summed E-state index contributed by atoms with van der Waals surface area (Å²) in [5, 5.41) is 9.64. The molecular formula is C17H27NO5S. The zero-order valence-electron chi connectivity index (χ0n) is 14.3. The fourth-order valence-corrected chi connectivity index (χ4v) is 3.54. The lowest BCUT2D eigenvalue weighted by Gasteiger charge is -2.19. The molecule has 6 nitrogen and oxygen atoms in total. The molecule has 24 heavy (non-hydrogen) atoms. The molecule has 0 aliphatic rings. The SMILES string of the molecule is CCOC(=O)CCCS(=O)(=O)NC[C@@H](C[C@@H](C)O)c1ccccc1. The Kier molecular flexibility index (Phi) is 8.95. The van der Waals surface area contributed by atoms with Gasteiger partial charge in [0, 0.05) is 13.0 Å². The van der Waals surface area contributed by atoms with Crippen LogP contribution in [-0.4, -0.2) is 44.5 Å². The van der Waals surface area contributed by atoms with E-state index in [1.54, 1.807) is 13.8 Å². The smallest absolute Gasteiger partial charge is 0.305 e. The van der Waals surface area contributed by atoms with Gasteiger partial charge in [-0.3, -0.25) is 4.79 Å². The van der Waals surface area contributed by atoms with Crippen LogP contribution in [0.2, 0.25) is 0 Å². The molecule has 0 spiro atoms. The summed E-state index contributed by atoms with van der Waals surface area (Å²) in [6, 6.07) is 9.50. The summed E-state index contributed by atoms with van der Waals surface area (Å²) in [6.45, 7) is 3.91. The van der Waals surface area contributed by atoms with Gasteiger partial charge in [-0.2, -0.15) is 0 Å². The molecule has 7 heteroatoms. The van der Waals surface area contributed by atoms with Gasteiger partial charge >= 0.3 is 5.97 Å². The molecule has 136 valence electrons. The van der Waals surface area contributed by atoms with Crippen LogP contribution in [0.3, 0.4) is 0 Å². The van der Waals surface area contributed by atoms with Crippen LogP contribution in [0.15, 0.2) is 30.3 Å². The number of aliphatic hydroxyl groups is 1. The van der Waals surface area contributed by atoms with Crippen molar-refractivity contribution < 1.29 is 23.1 Å². The Labute approximate surface area is 144 Å². The molecule has 0 aromatic heterocycles. The molecule has 0 aliphatic heterocycles. The maximum absolute atomic E-state index is 12.1. The third-order valence-corrected chi connectivity index (χ3v) is 4.98. The van der Waals surface area contributed by atoms with Crippen molar-refractivity contribution >= 4 is 16.0 Å². The second-order valence-corrected chi connectivity index (χ2v) is 7.69. The predicted octanol–water partition coefficient (Wildman–Crippen LogP) is 1.80. The number of nitrogens with one attached hydrogen (secondary N) is 1. The largest absolute Gasteiger partial charge is 0.466 e. The lowest BCUT2D eigenvalue weighted by molar-refractivity contribution is -0.143. The van der Waals surface area contributed by atoms with E-state index in [4.69, 9.17) is 4.74 Å². The first-order chi connectivity index (χ1) is 11.3. The van der Waals surface area contributed by atoms with Gasteiger partial charge in [0.25, 0.3) is 0 Å². The van der Waals surface area contributed by atoms with E-state index in [-0.39, 0.29) is 37.0 Å². The van der Waals surface area contributed by atoms with Crippen molar-refractivity contribution in [1.29, 1.82) is 0 Å². The predicted molar refractivity (Wildman–Crippen MR) is 93.1 cm³/mol. The molecule has 0 saturated carbocycles. The van der Waals surface area contributed by atoms with Gasteiger partial charge in [-0.15, -0.1) is 0 Å². The Bertz CT molecular complexity index is 586. The molecule has 1 aromatic carbocycles. The standard InChI is InChI=1S/C17H27NO5S/c1-3-23-17(20)10-7-11-24(21,22)18-13-16(12-14(2)19)15-8-5-4-6-9-15/h4-6,8-9,14,16,18-19H,3,7,10-13H2,1-2H3/t14-,16-/m1/s1. The number of carbonyl (C=O) groups is 1. The van der Waals surface area contributed by atoms with Crippen LogP contribution in [0.4, 0.5) is 0 Å². The van der Waals surface area contributed by atoms with Crippen molar-refractivity contribution in [2.75, 3.05) is 18.9 Å². The summed E-state index contributed by atoms with van der Waals surface area (Å²) < 4.78 is 31.5. The number of aliphatic hydroxyl groups excluding tert-OH is 1. The third kappa shape index (κ3) is 8.42. The first kappa shape index (κ1) is 20.6. The second kappa shape index (κ2) is 10.4. The van der Waals surface area contributed by atoms with E-state index < -0.39 is 16.1 Å². The van der Waals surface area contributed by atoms with Gasteiger partial charge < -0.3 is 9.84 Å². The van der Waals surface area contributed by atoms with E-state index in [9.17, 15) is 18.3 Å². The fourth-order valence-electron chi connectivity index (χ4n) is 2.41. The maximum Gasteiger partial charge on any atom is 0.305 e. The zero-order chi connectivity index (χ0) is 18.0. The summed E-state index contributed by atoms with van der Waals surface area (Å²) in [4.78, 5) is 11.2. The number of hydrogen-bond donors (Lipinski definition) is 2. The minimum absolute atomic E-state index is 0.0878. The van der Waals surface area contributed by atoms with E-state index >= 15 is 0 Å². The molecule has 0 heterocycles. The van der Waals surface area contributed by atoms with Gasteiger partial charge in [0.05, 0.1) is 18.5 Å². The molecule has 0 bridgehead atoms. The minimum atomic E-state index is -3.47. The molecular weight excluding hydrogens is 330 g/mol. The number of hydrogen-bond acceptors (Lipinski definition) is 5. The minimum Gasteiger partial charge on any atom is -0.466 e. The van der Waals surface area contributed by atoms with Crippen LogP contribution in [0, 0.1) is 0 Å². The van der Waals surface area contributed by atoms with Crippen LogP contribution in [-0.2, 0) is 19.6 Å². The molecule has 0 unspecified atom stereocenters. The third-order valence-electron chi connectivity index (χ3n) is 3.55. The summed E-state index contributed by atoms with van der Waals surface area (Å²) >= 11 is 0. The number of rotatable bonds is 11. The van der Waals surface area contributed by atoms with Crippen molar-refractivity contribution in [3.8, 4) is 0 Å². The Balaban J connectivity index is 2.54. The summed E-state index contributed by atoms with van der Waals surface area (Å²) in [5.74, 6) is -0.614. The van der Waals surface area contributed by atoms with Crippen molar-refractivity contribution in [2.24, 2.45) is 0 Å². The highest BCUT2D eigenvalue weighted by molar-refractivity contribution is 7.89. The molecule has 1 rings (SSSR count). The van der Waals surface area contributed by atoms with Gasteiger partial charge in [0.2, 0.25) is 10.0 Å². The molecule has 0 aliphatic carbocycles.